The summed E-state index contributed by atoms with van der Waals surface area (Å²) in [6, 6.07) is 5.26. The average Bonchev–Trinajstić information content (AvgIpc) is 3.41. The lowest BCUT2D eigenvalue weighted by Crippen LogP contribution is -2.51. The second-order valence-electron chi connectivity index (χ2n) is 6.72. The molecule has 4 heterocycles. The van der Waals surface area contributed by atoms with Gasteiger partial charge in [0.05, 0.1) is 5.56 Å². The first-order valence-electron chi connectivity index (χ1n) is 8.83. The average molecular weight is 386 g/mol. The summed E-state index contributed by atoms with van der Waals surface area (Å²) >= 11 is 1.52. The van der Waals surface area contributed by atoms with Crippen molar-refractivity contribution in [2.75, 3.05) is 24.8 Å². The molecule has 2 atom stereocenters. The molecule has 1 aromatic carbocycles. The van der Waals surface area contributed by atoms with Crippen LogP contribution >= 0.6 is 11.3 Å². The van der Waals surface area contributed by atoms with E-state index in [0.717, 1.165) is 23.7 Å². The summed E-state index contributed by atoms with van der Waals surface area (Å²) in [6.07, 6.45) is 4.14. The van der Waals surface area contributed by atoms with Crippen LogP contribution in [0, 0.1) is 0 Å². The molecular weight excluding hydrogens is 368 g/mol. The van der Waals surface area contributed by atoms with Crippen molar-refractivity contribution in [1.29, 1.82) is 0 Å². The minimum absolute atomic E-state index is 0.155. The van der Waals surface area contributed by atoms with Crippen LogP contribution in [0.3, 0.4) is 0 Å². The van der Waals surface area contributed by atoms with Gasteiger partial charge in [0.25, 0.3) is 12.5 Å². The van der Waals surface area contributed by atoms with Crippen LogP contribution < -0.4 is 15.0 Å². The summed E-state index contributed by atoms with van der Waals surface area (Å²) in [5.74, 6) is 0.551. The number of rotatable bonds is 6. The van der Waals surface area contributed by atoms with E-state index in [1.165, 1.54) is 24.2 Å². The topological polar surface area (TPSA) is 89.7 Å². The van der Waals surface area contributed by atoms with Crippen molar-refractivity contribution in [3.8, 4) is 16.3 Å². The molecule has 2 fully saturated rings. The zero-order chi connectivity index (χ0) is 18.2. The molecule has 0 amide bonds. The fourth-order valence-electron chi connectivity index (χ4n) is 3.81. The fraction of sp³-hybridized carbons (Fsp3) is 0.389. The number of anilines is 1. The summed E-state index contributed by atoms with van der Waals surface area (Å²) in [4.78, 5) is 21.7. The number of hydrogen-bond donors (Lipinski definition) is 1. The Bertz CT molecular complexity index is 946. The third-order valence-electron chi connectivity index (χ3n) is 4.96. The van der Waals surface area contributed by atoms with Gasteiger partial charge in [0.15, 0.2) is 5.58 Å². The van der Waals surface area contributed by atoms with Crippen LogP contribution in [0.5, 0.6) is 5.75 Å². The predicted molar refractivity (Wildman–Crippen MR) is 99.9 cm³/mol. The van der Waals surface area contributed by atoms with E-state index in [0.29, 0.717) is 41.4 Å². The molecule has 8 nitrogen and oxygen atoms in total. The Morgan fingerprint density at radius 2 is 2.19 bits per heavy atom. The highest BCUT2D eigenvalue weighted by atomic mass is 32.1. The summed E-state index contributed by atoms with van der Waals surface area (Å²) < 4.78 is 16.3. The van der Waals surface area contributed by atoms with E-state index in [1.54, 1.807) is 12.3 Å². The Morgan fingerprint density at radius 3 is 2.93 bits per heavy atom. The van der Waals surface area contributed by atoms with Crippen LogP contribution in [0.4, 0.5) is 6.01 Å². The molecule has 2 saturated heterocycles. The first-order chi connectivity index (χ1) is 13.3. The number of nitrogens with one attached hydrogen (secondary N) is 1. The van der Waals surface area contributed by atoms with E-state index >= 15 is 0 Å². The number of benzene rings is 1. The first-order valence-corrected chi connectivity index (χ1v) is 9.71. The molecule has 2 aliphatic rings. The fourth-order valence-corrected chi connectivity index (χ4v) is 4.46. The number of thiazole rings is 1. The maximum absolute atomic E-state index is 10.3. The van der Waals surface area contributed by atoms with E-state index in [1.807, 2.05) is 11.4 Å². The van der Waals surface area contributed by atoms with Gasteiger partial charge in [0.2, 0.25) is 6.79 Å². The highest BCUT2D eigenvalue weighted by Crippen LogP contribution is 2.37. The number of hydrogen-bond acceptors (Lipinski definition) is 9. The highest BCUT2D eigenvalue weighted by Gasteiger charge is 2.34. The molecule has 2 aromatic heterocycles. The van der Waals surface area contributed by atoms with E-state index in [-0.39, 0.29) is 6.79 Å². The van der Waals surface area contributed by atoms with E-state index in [4.69, 9.17) is 14.1 Å². The van der Waals surface area contributed by atoms with Gasteiger partial charge in [0.1, 0.15) is 16.3 Å². The molecule has 2 aliphatic heterocycles. The van der Waals surface area contributed by atoms with Gasteiger partial charge in [-0.2, -0.15) is 4.98 Å². The molecule has 0 saturated carbocycles. The van der Waals surface area contributed by atoms with Gasteiger partial charge >= 0.3 is 0 Å². The van der Waals surface area contributed by atoms with E-state index in [9.17, 15) is 4.79 Å². The normalized spacial score (nSPS) is 21.6. The van der Waals surface area contributed by atoms with E-state index < -0.39 is 0 Å². The Morgan fingerprint density at radius 1 is 1.33 bits per heavy atom. The summed E-state index contributed by atoms with van der Waals surface area (Å²) in [5.41, 5.74) is 2.21. The Balaban J connectivity index is 1.53. The molecule has 0 aliphatic carbocycles. The maximum atomic E-state index is 10.3. The smallest absolute Gasteiger partial charge is 0.298 e. The lowest BCUT2D eigenvalue weighted by Gasteiger charge is -2.31. The van der Waals surface area contributed by atoms with Crippen molar-refractivity contribution in [1.82, 2.24) is 15.3 Å². The van der Waals surface area contributed by atoms with Crippen molar-refractivity contribution in [3.63, 3.8) is 0 Å². The lowest BCUT2D eigenvalue weighted by atomic mass is 10.2. The molecule has 2 unspecified atom stereocenters. The summed E-state index contributed by atoms with van der Waals surface area (Å²) in [5, 5.41) is 6.35. The molecule has 2 bridgehead atoms. The van der Waals surface area contributed by atoms with E-state index in [2.05, 4.69) is 19.9 Å². The number of piperazine rings is 1. The van der Waals surface area contributed by atoms with Crippen molar-refractivity contribution >= 4 is 34.9 Å². The van der Waals surface area contributed by atoms with Gasteiger partial charge < -0.3 is 24.1 Å². The summed E-state index contributed by atoms with van der Waals surface area (Å²) in [6.45, 7) is 1.99. The van der Waals surface area contributed by atoms with Crippen molar-refractivity contribution in [3.05, 3.63) is 23.7 Å². The second-order valence-corrected chi connectivity index (χ2v) is 7.62. The molecule has 27 heavy (non-hydrogen) atoms. The van der Waals surface area contributed by atoms with Crippen LogP contribution in [-0.4, -0.2) is 48.4 Å². The number of ether oxygens (including phenoxy) is 2. The molecule has 9 heteroatoms. The molecule has 140 valence electrons. The van der Waals surface area contributed by atoms with Crippen LogP contribution in [-0.2, 0) is 9.53 Å². The lowest BCUT2D eigenvalue weighted by molar-refractivity contribution is -0.134. The molecular formula is C18H18N4O4S. The van der Waals surface area contributed by atoms with Crippen molar-refractivity contribution in [2.24, 2.45) is 0 Å². The van der Waals surface area contributed by atoms with Gasteiger partial charge in [0, 0.05) is 42.8 Å². The third kappa shape index (κ3) is 3.13. The minimum Gasteiger partial charge on any atom is -0.457 e. The SMILES string of the molecule is O=COCOc1cc(-c2nccs2)c2oc(N3CC4CCC(C3)N4)nc2c1. The number of fused-ring (bicyclic) bond motifs is 3. The number of nitrogens with zero attached hydrogens (tertiary/aromatic N) is 3. The maximum Gasteiger partial charge on any atom is 0.298 e. The Labute approximate surface area is 159 Å². The second kappa shape index (κ2) is 6.82. The van der Waals surface area contributed by atoms with Crippen LogP contribution in [0.2, 0.25) is 0 Å². The zero-order valence-electron chi connectivity index (χ0n) is 14.5. The van der Waals surface area contributed by atoms with Crippen LogP contribution in [0.1, 0.15) is 12.8 Å². The predicted octanol–water partition coefficient (Wildman–Crippen LogP) is 2.40. The molecule has 5 rings (SSSR count). The van der Waals surface area contributed by atoms with Gasteiger partial charge in [-0.1, -0.05) is 0 Å². The first kappa shape index (κ1) is 16.5. The van der Waals surface area contributed by atoms with Gasteiger partial charge in [-0.3, -0.25) is 4.79 Å². The van der Waals surface area contributed by atoms with Gasteiger partial charge in [-0.05, 0) is 18.9 Å². The number of aromatic nitrogens is 2. The Kier molecular flexibility index (Phi) is 4.17. The zero-order valence-corrected chi connectivity index (χ0v) is 15.3. The molecule has 3 aromatic rings. The molecule has 0 radical (unpaired) electrons. The van der Waals surface area contributed by atoms with Gasteiger partial charge in [-0.15, -0.1) is 11.3 Å². The van der Waals surface area contributed by atoms with Crippen molar-refractivity contribution < 1.29 is 18.7 Å². The monoisotopic (exact) mass is 386 g/mol. The Hall–Kier alpha value is -2.65. The number of carbonyl (C=O) groups excluding carboxylic acids is 1. The minimum atomic E-state index is -0.155. The van der Waals surface area contributed by atoms with Crippen LogP contribution in [0.25, 0.3) is 21.7 Å². The van der Waals surface area contributed by atoms with Crippen LogP contribution in [0.15, 0.2) is 28.1 Å². The molecule has 0 spiro atoms. The number of oxazole rings is 1. The highest BCUT2D eigenvalue weighted by molar-refractivity contribution is 7.13. The van der Waals surface area contributed by atoms with Crippen molar-refractivity contribution in [2.45, 2.75) is 24.9 Å². The standard InChI is InChI=1S/C18H18N4O4S/c23-9-24-10-25-13-5-14(17-19-3-4-27-17)16-15(6-13)21-18(26-16)22-7-11-1-2-12(8-22)20-11/h3-6,9,11-12,20H,1-2,7-8,10H2. The van der Waals surface area contributed by atoms with Gasteiger partial charge in [-0.25, -0.2) is 4.98 Å². The third-order valence-corrected chi connectivity index (χ3v) is 5.77. The number of carbonyl (C=O) groups is 1. The quantitative estimate of drug-likeness (QED) is 0.392. The largest absolute Gasteiger partial charge is 0.457 e. The summed E-state index contributed by atoms with van der Waals surface area (Å²) in [7, 11) is 0. The molecule has 1 N–H and O–H groups in total.